The minimum Gasteiger partial charge on any atom is -0.506 e. The smallest absolute Gasteiger partial charge is 0.326 e. The molecule has 28 heavy (non-hydrogen) atoms. The Balaban J connectivity index is 1.46. The second-order valence-electron chi connectivity index (χ2n) is 7.45. The Morgan fingerprint density at radius 2 is 1.96 bits per heavy atom. The zero-order valence-corrected chi connectivity index (χ0v) is 17.1. The number of nitrogens with zero attached hydrogens (tertiary/aromatic N) is 1. The van der Waals surface area contributed by atoms with Crippen molar-refractivity contribution < 1.29 is 9.90 Å². The van der Waals surface area contributed by atoms with Gasteiger partial charge in [-0.3, -0.25) is 9.36 Å². The number of carbonyl (C=O) groups is 1. The van der Waals surface area contributed by atoms with Crippen LogP contribution in [0.4, 0.5) is 5.69 Å². The molecule has 0 saturated heterocycles. The van der Waals surface area contributed by atoms with E-state index in [-0.39, 0.29) is 29.3 Å². The molecule has 0 radical (unpaired) electrons. The van der Waals surface area contributed by atoms with Crippen molar-refractivity contribution in [3.8, 4) is 5.75 Å². The van der Waals surface area contributed by atoms with Crippen molar-refractivity contribution >= 4 is 38.6 Å². The summed E-state index contributed by atoms with van der Waals surface area (Å²) in [6, 6.07) is 11.1. The number of rotatable bonds is 3. The van der Waals surface area contributed by atoms with E-state index in [0.717, 1.165) is 33.9 Å². The van der Waals surface area contributed by atoms with E-state index in [0.29, 0.717) is 18.5 Å². The molecule has 3 aromatic rings. The van der Waals surface area contributed by atoms with Crippen LogP contribution in [0, 0.1) is 12.8 Å². The van der Waals surface area contributed by atoms with Gasteiger partial charge in [-0.05, 0) is 78.4 Å². The van der Waals surface area contributed by atoms with E-state index in [9.17, 15) is 14.7 Å². The molecule has 3 N–H and O–H groups in total. The molecule has 1 amide bonds. The summed E-state index contributed by atoms with van der Waals surface area (Å²) in [6.45, 7) is 1.89. The van der Waals surface area contributed by atoms with Gasteiger partial charge in [0.25, 0.3) is 0 Å². The highest BCUT2D eigenvalue weighted by molar-refractivity contribution is 9.10. The Labute approximate surface area is 170 Å². The van der Waals surface area contributed by atoms with Gasteiger partial charge in [-0.15, -0.1) is 0 Å². The molecule has 1 fully saturated rings. The summed E-state index contributed by atoms with van der Waals surface area (Å²) in [7, 11) is 0. The third-order valence-corrected chi connectivity index (χ3v) is 6.21. The van der Waals surface area contributed by atoms with Crippen LogP contribution in [0.2, 0.25) is 0 Å². The topological polar surface area (TPSA) is 87.1 Å². The molecule has 1 heterocycles. The molecule has 0 aliphatic heterocycles. The number of hydrogen-bond donors (Lipinski definition) is 3. The number of amides is 1. The lowest BCUT2D eigenvalue weighted by Gasteiger charge is -2.28. The van der Waals surface area contributed by atoms with Crippen molar-refractivity contribution in [1.29, 1.82) is 0 Å². The summed E-state index contributed by atoms with van der Waals surface area (Å²) in [5.41, 5.74) is 2.96. The van der Waals surface area contributed by atoms with Crippen LogP contribution in [0.5, 0.6) is 5.75 Å². The highest BCUT2D eigenvalue weighted by Crippen LogP contribution is 2.35. The lowest BCUT2D eigenvalue weighted by atomic mass is 9.85. The van der Waals surface area contributed by atoms with Gasteiger partial charge in [0.05, 0.1) is 16.7 Å². The van der Waals surface area contributed by atoms with Gasteiger partial charge < -0.3 is 15.4 Å². The fraction of sp³-hybridized carbons (Fsp3) is 0.333. The molecule has 4 rings (SSSR count). The minimum atomic E-state index is -0.121. The zero-order chi connectivity index (χ0) is 19.8. The molecular weight excluding hydrogens is 422 g/mol. The van der Waals surface area contributed by atoms with Crippen molar-refractivity contribution in [2.45, 2.75) is 38.6 Å². The lowest BCUT2D eigenvalue weighted by molar-refractivity contribution is -0.121. The average molecular weight is 444 g/mol. The third-order valence-electron chi connectivity index (χ3n) is 5.55. The van der Waals surface area contributed by atoms with Gasteiger partial charge in [0.1, 0.15) is 5.75 Å². The van der Waals surface area contributed by atoms with E-state index in [2.05, 4.69) is 26.2 Å². The number of hydrogen-bond acceptors (Lipinski definition) is 3. The quantitative estimate of drug-likeness (QED) is 0.521. The van der Waals surface area contributed by atoms with Gasteiger partial charge in [-0.2, -0.15) is 0 Å². The first-order valence-electron chi connectivity index (χ1n) is 9.43. The summed E-state index contributed by atoms with van der Waals surface area (Å²) in [5, 5.41) is 12.8. The van der Waals surface area contributed by atoms with Crippen molar-refractivity contribution in [3.63, 3.8) is 0 Å². The molecule has 7 heteroatoms. The number of aromatic hydroxyl groups is 1. The first-order chi connectivity index (χ1) is 13.4. The number of nitrogens with one attached hydrogen (secondary N) is 2. The number of benzene rings is 2. The van der Waals surface area contributed by atoms with Gasteiger partial charge in [-0.25, -0.2) is 4.79 Å². The van der Waals surface area contributed by atoms with Crippen LogP contribution >= 0.6 is 15.9 Å². The highest BCUT2D eigenvalue weighted by Gasteiger charge is 2.29. The Bertz CT molecular complexity index is 1090. The summed E-state index contributed by atoms with van der Waals surface area (Å²) in [5.74, 6) is -0.117. The van der Waals surface area contributed by atoms with Crippen molar-refractivity contribution in [3.05, 3.63) is 56.9 Å². The predicted molar refractivity (Wildman–Crippen MR) is 113 cm³/mol. The van der Waals surface area contributed by atoms with Crippen molar-refractivity contribution in [2.75, 3.05) is 5.32 Å². The summed E-state index contributed by atoms with van der Waals surface area (Å²) in [6.07, 6.45) is 2.93. The maximum atomic E-state index is 12.6. The van der Waals surface area contributed by atoms with Gasteiger partial charge in [-0.1, -0.05) is 12.1 Å². The largest absolute Gasteiger partial charge is 0.506 e. The number of phenols is 1. The van der Waals surface area contributed by atoms with Crippen molar-refractivity contribution in [2.24, 2.45) is 5.92 Å². The number of aromatic nitrogens is 2. The van der Waals surface area contributed by atoms with Crippen LogP contribution < -0.4 is 11.0 Å². The second kappa shape index (κ2) is 7.47. The Morgan fingerprint density at radius 1 is 1.21 bits per heavy atom. The van der Waals surface area contributed by atoms with Gasteiger partial charge in [0.2, 0.25) is 5.91 Å². The van der Waals surface area contributed by atoms with Crippen LogP contribution in [0.15, 0.2) is 45.7 Å². The second-order valence-corrected chi connectivity index (χ2v) is 8.30. The molecule has 0 spiro atoms. The van der Waals surface area contributed by atoms with E-state index >= 15 is 0 Å². The lowest BCUT2D eigenvalue weighted by Crippen LogP contribution is -2.31. The first-order valence-corrected chi connectivity index (χ1v) is 10.2. The maximum absolute atomic E-state index is 12.6. The van der Waals surface area contributed by atoms with Crippen molar-refractivity contribution in [1.82, 2.24) is 9.55 Å². The van der Waals surface area contributed by atoms with E-state index in [1.165, 1.54) is 0 Å². The Morgan fingerprint density at radius 3 is 2.68 bits per heavy atom. The molecule has 1 aliphatic carbocycles. The molecular formula is C21H22BrN3O3. The van der Waals surface area contributed by atoms with E-state index < -0.39 is 0 Å². The van der Waals surface area contributed by atoms with Gasteiger partial charge in [0, 0.05) is 16.4 Å². The first kappa shape index (κ1) is 18.8. The number of carbonyl (C=O) groups excluding carboxylic acids is 1. The molecule has 1 aliphatic rings. The van der Waals surface area contributed by atoms with Crippen LogP contribution in [0.1, 0.15) is 37.3 Å². The number of anilines is 1. The molecule has 1 saturated carbocycles. The number of H-pyrrole nitrogens is 1. The van der Waals surface area contributed by atoms with Gasteiger partial charge in [0.15, 0.2) is 0 Å². The third kappa shape index (κ3) is 3.46. The van der Waals surface area contributed by atoms with Crippen LogP contribution in [0.25, 0.3) is 11.0 Å². The number of para-hydroxylation sites is 1. The molecule has 6 nitrogen and oxygen atoms in total. The monoisotopic (exact) mass is 443 g/mol. The molecule has 0 atom stereocenters. The number of imidazole rings is 1. The Hall–Kier alpha value is -2.54. The number of fused-ring (bicyclic) bond motifs is 1. The normalized spacial score (nSPS) is 19.6. The number of halogens is 1. The fourth-order valence-corrected chi connectivity index (χ4v) is 4.51. The zero-order valence-electron chi connectivity index (χ0n) is 15.5. The molecule has 2 aromatic carbocycles. The average Bonchev–Trinajstić information content (AvgIpc) is 3.01. The number of aromatic amines is 1. The van der Waals surface area contributed by atoms with E-state index in [1.54, 1.807) is 12.1 Å². The SMILES string of the molecule is Cc1ccc(NC(=O)[C@H]2CC[C@@H](n3c(=O)[nH]c4c(Br)cccc43)CC2)c(O)c1. The molecule has 0 bridgehead atoms. The van der Waals surface area contributed by atoms with Crippen LogP contribution in [-0.2, 0) is 4.79 Å². The van der Waals surface area contributed by atoms with Gasteiger partial charge >= 0.3 is 5.69 Å². The maximum Gasteiger partial charge on any atom is 0.326 e. The van der Waals surface area contributed by atoms with E-state index in [1.807, 2.05) is 35.8 Å². The predicted octanol–water partition coefficient (Wildman–Crippen LogP) is 4.48. The molecule has 0 unspecified atom stereocenters. The summed E-state index contributed by atoms with van der Waals surface area (Å²) >= 11 is 3.48. The highest BCUT2D eigenvalue weighted by atomic mass is 79.9. The summed E-state index contributed by atoms with van der Waals surface area (Å²) in [4.78, 5) is 28.0. The standard InChI is InChI=1S/C21H22BrN3O3/c1-12-5-10-16(18(26)11-12)23-20(27)13-6-8-14(9-7-13)25-17-4-2-3-15(22)19(17)24-21(25)28/h2-5,10-11,13-14,26H,6-9H2,1H3,(H,23,27)(H,24,28)/t13-,14+. The van der Waals surface area contributed by atoms with E-state index in [4.69, 9.17) is 0 Å². The Kier molecular flexibility index (Phi) is 5.02. The summed E-state index contributed by atoms with van der Waals surface area (Å²) < 4.78 is 2.69. The number of phenolic OH excluding ortho intramolecular Hbond substituents is 1. The minimum absolute atomic E-state index is 0.0763. The fourth-order valence-electron chi connectivity index (χ4n) is 4.05. The molecule has 146 valence electrons. The number of aryl methyl sites for hydroxylation is 1. The molecule has 1 aromatic heterocycles. The van der Waals surface area contributed by atoms with Crippen LogP contribution in [-0.4, -0.2) is 20.6 Å². The van der Waals surface area contributed by atoms with Crippen LogP contribution in [0.3, 0.4) is 0 Å².